The van der Waals surface area contributed by atoms with E-state index in [9.17, 15) is 9.59 Å². The quantitative estimate of drug-likeness (QED) is 0.447. The number of pyridine rings is 1. The molecule has 4 rings (SSSR count). The standard InChI is InChI=1S/C31H39N5O4/c1-33(2)24-10-12-26-27-13-11-25(34(3)4)19-29(27)31(38)40-17-15-36(6)21-23-9-7-8-22(32-23)20-35(5)14-16-39-30(37)28(26)18-24/h7-13,18-19H,14-17,20-21H2,1-6H3. The number of aromatic nitrogens is 1. The van der Waals surface area contributed by atoms with Crippen LogP contribution >= 0.6 is 0 Å². The molecule has 0 saturated carbocycles. The van der Waals surface area contributed by atoms with Gasteiger partial charge in [-0.05, 0) is 61.6 Å². The topological polar surface area (TPSA) is 78.5 Å². The Hall–Kier alpha value is -3.95. The van der Waals surface area contributed by atoms with Crippen molar-refractivity contribution in [3.63, 3.8) is 0 Å². The maximum Gasteiger partial charge on any atom is 0.338 e. The average Bonchev–Trinajstić information content (AvgIpc) is 2.91. The second-order valence-corrected chi connectivity index (χ2v) is 10.6. The van der Waals surface area contributed by atoms with E-state index in [1.807, 2.05) is 107 Å². The third kappa shape index (κ3) is 7.16. The summed E-state index contributed by atoms with van der Waals surface area (Å²) in [6.45, 7) is 2.81. The van der Waals surface area contributed by atoms with Gasteiger partial charge in [-0.1, -0.05) is 18.2 Å². The van der Waals surface area contributed by atoms with Crippen molar-refractivity contribution in [2.75, 3.05) is 78.4 Å². The molecule has 2 heterocycles. The molecule has 0 aliphatic carbocycles. The summed E-state index contributed by atoms with van der Waals surface area (Å²) < 4.78 is 11.5. The zero-order valence-electron chi connectivity index (χ0n) is 24.3. The van der Waals surface area contributed by atoms with Crippen molar-refractivity contribution in [1.82, 2.24) is 14.8 Å². The van der Waals surface area contributed by atoms with Crippen LogP contribution in [0.3, 0.4) is 0 Å². The number of likely N-dealkylation sites (N-methyl/N-ethyl adjacent to an activating group) is 2. The number of hydrogen-bond acceptors (Lipinski definition) is 9. The van der Waals surface area contributed by atoms with Gasteiger partial charge in [0, 0.05) is 65.7 Å². The zero-order valence-corrected chi connectivity index (χ0v) is 24.3. The predicted molar refractivity (Wildman–Crippen MR) is 158 cm³/mol. The van der Waals surface area contributed by atoms with Crippen LogP contribution in [0.25, 0.3) is 11.1 Å². The summed E-state index contributed by atoms with van der Waals surface area (Å²) in [5.74, 6) is -0.884. The van der Waals surface area contributed by atoms with Crippen LogP contribution in [0.1, 0.15) is 32.1 Å². The first-order chi connectivity index (χ1) is 19.1. The maximum atomic E-state index is 13.5. The molecule has 9 heteroatoms. The Labute approximate surface area is 236 Å². The van der Waals surface area contributed by atoms with Crippen LogP contribution in [0.4, 0.5) is 11.4 Å². The van der Waals surface area contributed by atoms with E-state index in [1.54, 1.807) is 0 Å². The third-order valence-electron chi connectivity index (χ3n) is 6.91. The van der Waals surface area contributed by atoms with Crippen LogP contribution in [-0.4, -0.2) is 95.3 Å². The Morgan fingerprint density at radius 3 is 1.48 bits per heavy atom. The lowest BCUT2D eigenvalue weighted by molar-refractivity contribution is 0.0460. The van der Waals surface area contributed by atoms with Crippen LogP contribution < -0.4 is 9.80 Å². The van der Waals surface area contributed by atoms with Gasteiger partial charge in [0.2, 0.25) is 0 Å². The lowest BCUT2D eigenvalue weighted by Crippen LogP contribution is -2.26. The number of rotatable bonds is 2. The number of ether oxygens (including phenoxy) is 2. The van der Waals surface area contributed by atoms with Crippen LogP contribution in [0.2, 0.25) is 0 Å². The summed E-state index contributed by atoms with van der Waals surface area (Å²) in [5.41, 5.74) is 5.63. The van der Waals surface area contributed by atoms with E-state index in [-0.39, 0.29) is 13.2 Å². The number of benzene rings is 2. The largest absolute Gasteiger partial charge is 0.461 e. The monoisotopic (exact) mass is 545 g/mol. The molecule has 0 unspecified atom stereocenters. The highest BCUT2D eigenvalue weighted by atomic mass is 16.5. The molecule has 3 aromatic rings. The smallest absolute Gasteiger partial charge is 0.338 e. The van der Waals surface area contributed by atoms with E-state index in [1.165, 1.54) is 0 Å². The lowest BCUT2D eigenvalue weighted by Gasteiger charge is -2.20. The number of cyclic esters (lactones) is 2. The number of carbonyl (C=O) groups excluding carboxylic acids is 2. The van der Waals surface area contributed by atoms with E-state index >= 15 is 0 Å². The highest BCUT2D eigenvalue weighted by Gasteiger charge is 2.22. The van der Waals surface area contributed by atoms with E-state index in [4.69, 9.17) is 14.5 Å². The molecule has 212 valence electrons. The SMILES string of the molecule is CN1CCOC(=O)c2cc(N(C)C)ccc2-c2ccc(N(C)C)cc2C(=O)OCCN(C)Cc2cccc(n2)C1. The molecule has 2 aromatic carbocycles. The summed E-state index contributed by atoms with van der Waals surface area (Å²) in [7, 11) is 11.6. The number of fused-ring (bicyclic) bond motifs is 5. The number of carbonyl (C=O) groups is 2. The van der Waals surface area contributed by atoms with Crippen LogP contribution in [0.5, 0.6) is 0 Å². The third-order valence-corrected chi connectivity index (χ3v) is 6.91. The van der Waals surface area contributed by atoms with Gasteiger partial charge in [-0.15, -0.1) is 0 Å². The maximum absolute atomic E-state index is 13.5. The Morgan fingerprint density at radius 2 is 1.07 bits per heavy atom. The van der Waals surface area contributed by atoms with Crippen molar-refractivity contribution >= 4 is 23.3 Å². The number of nitrogens with zero attached hydrogens (tertiary/aromatic N) is 5. The fraction of sp³-hybridized carbons (Fsp3) is 0.387. The lowest BCUT2D eigenvalue weighted by atomic mass is 9.94. The molecule has 0 amide bonds. The number of hydrogen-bond donors (Lipinski definition) is 0. The van der Waals surface area contributed by atoms with Crippen molar-refractivity contribution in [2.45, 2.75) is 13.1 Å². The zero-order chi connectivity index (χ0) is 28.8. The van der Waals surface area contributed by atoms with E-state index in [0.717, 1.165) is 22.8 Å². The summed E-state index contributed by atoms with van der Waals surface area (Å²) in [6.07, 6.45) is 0. The molecule has 1 aliphatic rings. The van der Waals surface area contributed by atoms with Gasteiger partial charge in [0.25, 0.3) is 0 Å². The first-order valence-corrected chi connectivity index (χ1v) is 13.4. The summed E-state index contributed by atoms with van der Waals surface area (Å²) in [4.78, 5) is 39.7. The number of anilines is 2. The van der Waals surface area contributed by atoms with Gasteiger partial charge in [-0.2, -0.15) is 0 Å². The first kappa shape index (κ1) is 29.0. The van der Waals surface area contributed by atoms with Crippen LogP contribution in [0, 0.1) is 0 Å². The fourth-order valence-corrected chi connectivity index (χ4v) is 4.59. The molecular weight excluding hydrogens is 506 g/mol. The van der Waals surface area contributed by atoms with Gasteiger partial charge in [0.15, 0.2) is 0 Å². The molecule has 0 spiro atoms. The highest BCUT2D eigenvalue weighted by molar-refractivity contribution is 6.04. The molecule has 1 aliphatic heterocycles. The summed E-state index contributed by atoms with van der Waals surface area (Å²) >= 11 is 0. The molecule has 1 aromatic heterocycles. The molecule has 0 saturated heterocycles. The number of esters is 2. The van der Waals surface area contributed by atoms with Crippen molar-refractivity contribution < 1.29 is 19.1 Å². The van der Waals surface area contributed by atoms with E-state index in [0.29, 0.717) is 48.4 Å². The molecule has 9 nitrogen and oxygen atoms in total. The van der Waals surface area contributed by atoms with Crippen LogP contribution in [0.15, 0.2) is 54.6 Å². The molecule has 2 bridgehead atoms. The fourth-order valence-electron chi connectivity index (χ4n) is 4.59. The molecule has 0 atom stereocenters. The van der Waals surface area contributed by atoms with Gasteiger partial charge in [0.1, 0.15) is 13.2 Å². The van der Waals surface area contributed by atoms with E-state index < -0.39 is 11.9 Å². The predicted octanol–water partition coefficient (Wildman–Crippen LogP) is 3.77. The molecule has 0 N–H and O–H groups in total. The van der Waals surface area contributed by atoms with Gasteiger partial charge < -0.3 is 19.3 Å². The van der Waals surface area contributed by atoms with Crippen molar-refractivity contribution in [1.29, 1.82) is 0 Å². The van der Waals surface area contributed by atoms with Gasteiger partial charge >= 0.3 is 11.9 Å². The van der Waals surface area contributed by atoms with Gasteiger partial charge in [-0.3, -0.25) is 14.8 Å². The molecule has 0 fully saturated rings. The highest BCUT2D eigenvalue weighted by Crippen LogP contribution is 2.33. The molecule has 0 radical (unpaired) electrons. The minimum atomic E-state index is -0.442. The van der Waals surface area contributed by atoms with Gasteiger partial charge in [0.05, 0.1) is 22.5 Å². The van der Waals surface area contributed by atoms with Crippen molar-refractivity contribution in [3.8, 4) is 11.1 Å². The molecule has 40 heavy (non-hydrogen) atoms. The second-order valence-electron chi connectivity index (χ2n) is 10.6. The minimum Gasteiger partial charge on any atom is -0.461 e. The van der Waals surface area contributed by atoms with Crippen LogP contribution in [-0.2, 0) is 22.6 Å². The summed E-state index contributed by atoms with van der Waals surface area (Å²) in [6, 6.07) is 17.2. The average molecular weight is 546 g/mol. The normalized spacial score (nSPS) is 15.9. The summed E-state index contributed by atoms with van der Waals surface area (Å²) in [5, 5.41) is 0. The van der Waals surface area contributed by atoms with Crippen molar-refractivity contribution in [2.24, 2.45) is 0 Å². The Morgan fingerprint density at radius 1 is 0.650 bits per heavy atom. The van der Waals surface area contributed by atoms with Gasteiger partial charge in [-0.25, -0.2) is 9.59 Å². The minimum absolute atomic E-state index is 0.220. The van der Waals surface area contributed by atoms with Crippen molar-refractivity contribution in [3.05, 3.63) is 77.1 Å². The Bertz CT molecular complexity index is 1260. The van der Waals surface area contributed by atoms with E-state index in [2.05, 4.69) is 9.80 Å². The second kappa shape index (κ2) is 12.9. The Balaban J connectivity index is 1.75. The molecular formula is C31H39N5O4. The first-order valence-electron chi connectivity index (χ1n) is 13.4. The Kier molecular flexibility index (Phi) is 9.39.